The first-order valence-electron chi connectivity index (χ1n) is 10.2. The van der Waals surface area contributed by atoms with Crippen molar-refractivity contribution in [3.05, 3.63) is 59.1 Å². The van der Waals surface area contributed by atoms with E-state index in [1.54, 1.807) is 6.08 Å². The van der Waals surface area contributed by atoms with Crippen LogP contribution in [0.3, 0.4) is 0 Å². The summed E-state index contributed by atoms with van der Waals surface area (Å²) < 4.78 is 12.3. The third kappa shape index (κ3) is 5.03. The zero-order valence-electron chi connectivity index (χ0n) is 18.4. The van der Waals surface area contributed by atoms with Gasteiger partial charge in [0.2, 0.25) is 5.89 Å². The summed E-state index contributed by atoms with van der Waals surface area (Å²) in [4.78, 5) is 4.59. The van der Waals surface area contributed by atoms with E-state index in [4.69, 9.17) is 20.4 Å². The number of aliphatic hydroxyl groups excluding tert-OH is 1. The molecule has 0 saturated heterocycles. The monoisotopic (exact) mass is 443 g/mol. The normalized spacial score (nSPS) is 15.1. The SMILES string of the molecule is C[C@H](O[Si](C)(C)C(C)(C)C)[C@@H](O)C=Cc1cccc2nc(-c3ccc(Cl)cc3)oc12. The lowest BCUT2D eigenvalue weighted by atomic mass is 10.1. The molecule has 3 aromatic rings. The number of halogens is 1. The van der Waals surface area contributed by atoms with Crippen LogP contribution in [0.5, 0.6) is 0 Å². The van der Waals surface area contributed by atoms with Crippen LogP contribution in [0.2, 0.25) is 23.2 Å². The van der Waals surface area contributed by atoms with E-state index in [1.165, 1.54) is 0 Å². The van der Waals surface area contributed by atoms with E-state index in [9.17, 15) is 5.11 Å². The van der Waals surface area contributed by atoms with Crippen LogP contribution in [-0.2, 0) is 4.43 Å². The summed E-state index contributed by atoms with van der Waals surface area (Å²) in [5, 5.41) is 11.4. The number of oxazole rings is 1. The third-order valence-corrected chi connectivity index (χ3v) is 10.6. The molecule has 0 aliphatic rings. The minimum Gasteiger partial charge on any atom is -0.435 e. The second-order valence-corrected chi connectivity index (χ2v) is 14.3. The van der Waals surface area contributed by atoms with E-state index in [0.717, 1.165) is 16.6 Å². The van der Waals surface area contributed by atoms with Crippen molar-refractivity contribution < 1.29 is 13.9 Å². The predicted octanol–water partition coefficient (Wildman–Crippen LogP) is 6.93. The van der Waals surface area contributed by atoms with Crippen LogP contribution in [0.15, 0.2) is 53.0 Å². The highest BCUT2D eigenvalue weighted by Gasteiger charge is 2.39. The van der Waals surface area contributed by atoms with Gasteiger partial charge in [0, 0.05) is 16.1 Å². The molecule has 0 amide bonds. The van der Waals surface area contributed by atoms with Crippen molar-refractivity contribution in [1.82, 2.24) is 4.98 Å². The number of benzene rings is 2. The number of fused-ring (bicyclic) bond motifs is 1. The molecule has 1 N–H and O–H groups in total. The first-order valence-corrected chi connectivity index (χ1v) is 13.5. The number of rotatable bonds is 6. The molecule has 4 nitrogen and oxygen atoms in total. The summed E-state index contributed by atoms with van der Waals surface area (Å²) in [5.41, 5.74) is 3.17. The van der Waals surface area contributed by atoms with Crippen LogP contribution in [-0.4, -0.2) is 30.6 Å². The van der Waals surface area contributed by atoms with Gasteiger partial charge in [-0.15, -0.1) is 0 Å². The van der Waals surface area contributed by atoms with Gasteiger partial charge in [-0.05, 0) is 55.4 Å². The van der Waals surface area contributed by atoms with Gasteiger partial charge in [-0.2, -0.15) is 0 Å². The summed E-state index contributed by atoms with van der Waals surface area (Å²) in [6.45, 7) is 12.9. The topological polar surface area (TPSA) is 55.5 Å². The molecule has 160 valence electrons. The first-order chi connectivity index (χ1) is 14.0. The molecule has 0 aliphatic heterocycles. The Kier molecular flexibility index (Phi) is 6.58. The van der Waals surface area contributed by atoms with Crippen molar-refractivity contribution in [3.63, 3.8) is 0 Å². The number of hydrogen-bond donors (Lipinski definition) is 1. The highest BCUT2D eigenvalue weighted by Crippen LogP contribution is 2.37. The predicted molar refractivity (Wildman–Crippen MR) is 127 cm³/mol. The molecule has 0 spiro atoms. The van der Waals surface area contributed by atoms with E-state index in [0.29, 0.717) is 16.5 Å². The maximum Gasteiger partial charge on any atom is 0.227 e. The Labute approximate surface area is 184 Å². The molecule has 2 aromatic carbocycles. The van der Waals surface area contributed by atoms with Gasteiger partial charge in [-0.1, -0.05) is 56.7 Å². The van der Waals surface area contributed by atoms with Gasteiger partial charge < -0.3 is 13.9 Å². The number of para-hydroxylation sites is 1. The Balaban J connectivity index is 1.81. The second-order valence-electron chi connectivity index (χ2n) is 9.15. The van der Waals surface area contributed by atoms with Gasteiger partial charge in [0.25, 0.3) is 0 Å². The van der Waals surface area contributed by atoms with E-state index in [1.807, 2.05) is 55.5 Å². The molecule has 0 unspecified atom stereocenters. The molecule has 1 aromatic heterocycles. The van der Waals surface area contributed by atoms with E-state index < -0.39 is 14.4 Å². The quantitative estimate of drug-likeness (QED) is 0.419. The second kappa shape index (κ2) is 8.67. The summed E-state index contributed by atoms with van der Waals surface area (Å²) in [6, 6.07) is 13.2. The van der Waals surface area contributed by atoms with Crippen molar-refractivity contribution >= 4 is 37.1 Å². The summed E-state index contributed by atoms with van der Waals surface area (Å²) in [6.07, 6.45) is 2.63. The number of aromatic nitrogens is 1. The maximum absolute atomic E-state index is 10.6. The molecule has 0 radical (unpaired) electrons. The highest BCUT2D eigenvalue weighted by molar-refractivity contribution is 6.74. The van der Waals surface area contributed by atoms with Gasteiger partial charge in [-0.25, -0.2) is 4.98 Å². The van der Waals surface area contributed by atoms with Crippen molar-refractivity contribution in [2.75, 3.05) is 0 Å². The maximum atomic E-state index is 10.6. The van der Waals surface area contributed by atoms with E-state index in [-0.39, 0.29) is 11.1 Å². The lowest BCUT2D eigenvalue weighted by molar-refractivity contribution is 0.0698. The molecule has 0 aliphatic carbocycles. The Morgan fingerprint density at radius 2 is 1.80 bits per heavy atom. The van der Waals surface area contributed by atoms with Crippen LogP contribution in [0, 0.1) is 0 Å². The van der Waals surface area contributed by atoms with E-state index in [2.05, 4.69) is 38.8 Å². The van der Waals surface area contributed by atoms with Crippen molar-refractivity contribution in [2.24, 2.45) is 0 Å². The third-order valence-electron chi connectivity index (χ3n) is 5.78. The number of nitrogens with zero attached hydrogens (tertiary/aromatic N) is 1. The average molecular weight is 444 g/mol. The Morgan fingerprint density at radius 1 is 1.13 bits per heavy atom. The van der Waals surface area contributed by atoms with Gasteiger partial charge in [0.1, 0.15) is 5.52 Å². The largest absolute Gasteiger partial charge is 0.435 e. The molecular formula is C24H30ClNO3Si. The van der Waals surface area contributed by atoms with Crippen molar-refractivity contribution in [1.29, 1.82) is 0 Å². The van der Waals surface area contributed by atoms with Crippen LogP contribution < -0.4 is 0 Å². The van der Waals surface area contributed by atoms with Crippen LogP contribution >= 0.6 is 11.6 Å². The zero-order valence-corrected chi connectivity index (χ0v) is 20.2. The number of hydrogen-bond acceptors (Lipinski definition) is 4. The molecule has 3 rings (SSSR count). The summed E-state index contributed by atoms with van der Waals surface area (Å²) >= 11 is 5.97. The zero-order chi connectivity index (χ0) is 22.1. The molecule has 0 saturated carbocycles. The molecule has 0 bridgehead atoms. The van der Waals surface area contributed by atoms with Gasteiger partial charge in [-0.3, -0.25) is 0 Å². The van der Waals surface area contributed by atoms with Crippen LogP contribution in [0.25, 0.3) is 28.6 Å². The molecule has 6 heteroatoms. The van der Waals surface area contributed by atoms with Gasteiger partial charge in [0.05, 0.1) is 12.2 Å². The standard InChI is InChI=1S/C24H30ClNO3Si/c1-16(29-30(5,6)24(2,3)4)21(27)15-12-17-8-7-9-20-22(17)28-23(26-20)18-10-13-19(25)14-11-18/h7-16,21,27H,1-6H3/t16-,21-/m0/s1. The Morgan fingerprint density at radius 3 is 2.43 bits per heavy atom. The minimum absolute atomic E-state index is 0.0915. The highest BCUT2D eigenvalue weighted by atomic mass is 35.5. The molecule has 0 fully saturated rings. The van der Waals surface area contributed by atoms with E-state index >= 15 is 0 Å². The van der Waals surface area contributed by atoms with Crippen molar-refractivity contribution in [2.45, 2.75) is 58.0 Å². The fourth-order valence-electron chi connectivity index (χ4n) is 2.89. The first kappa shape index (κ1) is 22.8. The van der Waals surface area contributed by atoms with Gasteiger partial charge >= 0.3 is 0 Å². The Hall–Kier alpha value is -1.92. The van der Waals surface area contributed by atoms with Crippen LogP contribution in [0.4, 0.5) is 0 Å². The lowest BCUT2D eigenvalue weighted by Gasteiger charge is -2.39. The summed E-state index contributed by atoms with van der Waals surface area (Å²) in [5.74, 6) is 0.540. The smallest absolute Gasteiger partial charge is 0.227 e. The molecule has 1 heterocycles. The molecule has 30 heavy (non-hydrogen) atoms. The molecule has 2 atom stereocenters. The van der Waals surface area contributed by atoms with Crippen LogP contribution in [0.1, 0.15) is 33.3 Å². The average Bonchev–Trinajstić information content (AvgIpc) is 3.10. The number of aliphatic hydroxyl groups is 1. The lowest BCUT2D eigenvalue weighted by Crippen LogP contribution is -2.45. The molecular weight excluding hydrogens is 414 g/mol. The Bertz CT molecular complexity index is 1030. The summed E-state index contributed by atoms with van der Waals surface area (Å²) in [7, 11) is -1.95. The minimum atomic E-state index is -1.95. The fourth-order valence-corrected chi connectivity index (χ4v) is 4.44. The van der Waals surface area contributed by atoms with Crippen molar-refractivity contribution in [3.8, 4) is 11.5 Å². The fraction of sp³-hybridized carbons (Fsp3) is 0.375. The van der Waals surface area contributed by atoms with Gasteiger partial charge in [0.15, 0.2) is 13.9 Å².